The highest BCUT2D eigenvalue weighted by molar-refractivity contribution is 9.10. The maximum absolute atomic E-state index is 14.3. The minimum Gasteiger partial charge on any atom is -0.478 e. The number of halogens is 16. The number of rotatable bonds is 12. The summed E-state index contributed by atoms with van der Waals surface area (Å²) in [5, 5.41) is 51.5. The van der Waals surface area contributed by atoms with Crippen molar-refractivity contribution in [2.45, 2.75) is 135 Å². The first-order valence-electron chi connectivity index (χ1n) is 41.2. The van der Waals surface area contributed by atoms with Gasteiger partial charge in [0.25, 0.3) is 0 Å². The van der Waals surface area contributed by atoms with Gasteiger partial charge in [-0.05, 0) is 147 Å². The molecule has 19 heterocycles. The molecule has 59 heteroatoms. The van der Waals surface area contributed by atoms with Gasteiger partial charge < -0.3 is 61.1 Å². The average Bonchev–Trinajstić information content (AvgIpc) is 1.63. The van der Waals surface area contributed by atoms with Crippen LogP contribution < -0.4 is 31.9 Å². The average molecular weight is 2200 g/mol. The van der Waals surface area contributed by atoms with E-state index in [2.05, 4.69) is 138 Å². The van der Waals surface area contributed by atoms with Crippen molar-refractivity contribution in [3.63, 3.8) is 0 Å². The second-order valence-electron chi connectivity index (χ2n) is 32.5. The number of pyridine rings is 7. The molecule has 0 amide bonds. The summed E-state index contributed by atoms with van der Waals surface area (Å²) in [5.41, 5.74) is 19.2. The molecular weight excluding hydrogens is 2120 g/mol. The summed E-state index contributed by atoms with van der Waals surface area (Å²) >= 11 is 10.6. The molecule has 19 rings (SSSR count). The van der Waals surface area contributed by atoms with Crippen molar-refractivity contribution in [2.75, 3.05) is 72.3 Å². The fourth-order valence-corrected chi connectivity index (χ4v) is 15.5. The monoisotopic (exact) mass is 2190 g/mol. The fourth-order valence-electron chi connectivity index (χ4n) is 13.6. The molecule has 748 valence electrons. The summed E-state index contributed by atoms with van der Waals surface area (Å²) in [6.07, 6.45) is 0.916. The molecule has 42 nitrogen and oxygen atoms in total. The van der Waals surface area contributed by atoms with Crippen LogP contribution in [0, 0.1) is 41.8 Å². The molecule has 0 saturated carbocycles. The number of nitrogens with zero attached hydrogens (tertiary/aromatic N) is 27. The number of fused-ring (bicyclic) bond motifs is 7. The minimum atomic E-state index is -4.39. The van der Waals surface area contributed by atoms with Gasteiger partial charge in [-0.2, -0.15) is 51.4 Å². The molecule has 3 fully saturated rings. The first-order valence-corrected chi connectivity index (χ1v) is 44.4. The van der Waals surface area contributed by atoms with Crippen LogP contribution in [0.1, 0.15) is 132 Å². The molecule has 8 N–H and O–H groups in total. The predicted molar refractivity (Wildman–Crippen MR) is 486 cm³/mol. The molecule has 0 bridgehead atoms. The smallest absolute Gasteiger partial charge is 0.408 e. The zero-order valence-corrected chi connectivity index (χ0v) is 80.6. The molecule has 0 unspecified atom stereocenters. The second kappa shape index (κ2) is 43.4. The van der Waals surface area contributed by atoms with Crippen LogP contribution in [-0.4, -0.2) is 245 Å². The number of methoxy groups -OCH3 is 2. The summed E-state index contributed by atoms with van der Waals surface area (Å²) in [5.74, 6) is -8.70. The third-order valence-electron chi connectivity index (χ3n) is 19.7. The van der Waals surface area contributed by atoms with E-state index >= 15 is 0 Å². The van der Waals surface area contributed by atoms with Crippen LogP contribution in [0.5, 0.6) is 0 Å². The van der Waals surface area contributed by atoms with Crippen LogP contribution >= 0.6 is 59.1 Å². The van der Waals surface area contributed by atoms with Crippen molar-refractivity contribution < 1.29 is 115 Å². The van der Waals surface area contributed by atoms with Crippen LogP contribution in [-0.2, 0) is 48.4 Å². The van der Waals surface area contributed by atoms with Crippen molar-refractivity contribution >= 4 is 170 Å². The van der Waals surface area contributed by atoms with E-state index in [1.54, 1.807) is 71.4 Å². The van der Waals surface area contributed by atoms with Gasteiger partial charge in [0, 0.05) is 91.1 Å². The molecule has 16 aromatic rings. The molecule has 3 aliphatic heterocycles. The molecule has 3 atom stereocenters. The number of nitrogens with two attached hydrogens (primary N) is 3. The number of ether oxygens (including phenoxy) is 4. The van der Waals surface area contributed by atoms with Crippen LogP contribution in [0.4, 0.5) is 92.2 Å². The number of carboxylic acids is 2. The van der Waals surface area contributed by atoms with E-state index in [0.717, 1.165) is 70.6 Å². The number of carbonyl (C=O) groups is 6. The van der Waals surface area contributed by atoms with Gasteiger partial charge in [-0.3, -0.25) is 14.3 Å². The van der Waals surface area contributed by atoms with Crippen LogP contribution in [0.25, 0.3) is 50.1 Å². The highest BCUT2D eigenvalue weighted by atomic mass is 79.9. The number of alkyl halides is 7. The zero-order chi connectivity index (χ0) is 103. The first kappa shape index (κ1) is 105. The number of aryl methyl sites for hydroxylation is 2. The molecule has 0 spiro atoms. The summed E-state index contributed by atoms with van der Waals surface area (Å²) in [7, 11) is 3.96. The maximum Gasteiger partial charge on any atom is 0.408 e. The quantitative estimate of drug-likeness (QED) is 0.0431. The molecule has 141 heavy (non-hydrogen) atoms. The van der Waals surface area contributed by atoms with E-state index in [-0.39, 0.29) is 118 Å². The van der Waals surface area contributed by atoms with Crippen molar-refractivity contribution in [3.05, 3.63) is 192 Å². The number of carboxylic acid groups (broad SMARTS) is 2. The van der Waals surface area contributed by atoms with E-state index in [1.165, 1.54) is 82.0 Å². The SMILES string of the molecule is CC(C)(C)OC(=O)Cc1cc2nc(Br)nn2cc1F.CC(C)(C)OC(=O)Cc1cc2nc(N3CCC[C@@H]3C(F)(F)F)nn2cc1F.COC(=O)c1cc2nc(Br)nn2cc1F.COC(=O)c1cc2nc(N)nn2cc1F.Cc1csc(-c2cnn(C)c2C(=O)O)n1.Nc1cc2nc(N3CCC[C@@H]3C(F)(F)F)nn2cc1F.Nc1ccn2nc(N3CC[C@@H](F)C3)nc2c1.O=C(O)c1cc2nc(Br)nn2cc1F. The lowest BCUT2D eigenvalue weighted by molar-refractivity contribution is -0.155. The number of hydrogen-bond donors (Lipinski definition) is 5. The predicted octanol–water partition coefficient (Wildman–Crippen LogP) is 13.2. The number of hydrogen-bond acceptors (Lipinski definition) is 33. The lowest BCUT2D eigenvalue weighted by Crippen LogP contribution is -2.41. The van der Waals surface area contributed by atoms with Crippen molar-refractivity contribution in [3.8, 4) is 10.6 Å². The van der Waals surface area contributed by atoms with Crippen LogP contribution in [0.2, 0.25) is 0 Å². The summed E-state index contributed by atoms with van der Waals surface area (Å²) < 4.78 is 202. The highest BCUT2D eigenvalue weighted by Gasteiger charge is 2.49. The van der Waals surface area contributed by atoms with Gasteiger partial charge in [0.2, 0.25) is 38.0 Å². The van der Waals surface area contributed by atoms with Crippen LogP contribution in [0.3, 0.4) is 0 Å². The first-order chi connectivity index (χ1) is 66.2. The molecule has 3 aliphatic rings. The largest absolute Gasteiger partial charge is 0.478 e. The van der Waals surface area contributed by atoms with Gasteiger partial charge in [-0.15, -0.1) is 47.0 Å². The van der Waals surface area contributed by atoms with Gasteiger partial charge >= 0.3 is 48.2 Å². The van der Waals surface area contributed by atoms with E-state index in [1.807, 2.05) is 17.2 Å². The Kier molecular flexibility index (Phi) is 32.4. The highest BCUT2D eigenvalue weighted by Crippen LogP contribution is 2.38. The number of anilines is 6. The van der Waals surface area contributed by atoms with Crippen molar-refractivity contribution in [1.82, 2.24) is 117 Å². The minimum absolute atomic E-state index is 0.00948. The Morgan fingerprint density at radius 1 is 0.489 bits per heavy atom. The maximum atomic E-state index is 14.3. The van der Waals surface area contributed by atoms with Gasteiger partial charge in [0.05, 0.1) is 88.2 Å². The molecule has 0 aromatic carbocycles. The molecular formula is C82H80Br3F13N30O12S. The Morgan fingerprint density at radius 3 is 1.33 bits per heavy atom. The number of nitrogen functional groups attached to an aromatic ring is 3. The summed E-state index contributed by atoms with van der Waals surface area (Å²) in [4.78, 5) is 104. The van der Waals surface area contributed by atoms with E-state index < -0.39 is 118 Å². The Bertz CT molecular complexity index is 7200. The van der Waals surface area contributed by atoms with Gasteiger partial charge in [0.1, 0.15) is 62.8 Å². The van der Waals surface area contributed by atoms with E-state index in [0.29, 0.717) is 81.0 Å². The number of esters is 4. The number of aromatic nitrogens is 24. The Morgan fingerprint density at radius 2 is 0.894 bits per heavy atom. The van der Waals surface area contributed by atoms with E-state index in [9.17, 15) is 85.8 Å². The fraction of sp³-hybridized carbons (Fsp3) is 0.341. The van der Waals surface area contributed by atoms with Crippen LogP contribution in [0.15, 0.2) is 118 Å². The van der Waals surface area contributed by atoms with Crippen molar-refractivity contribution in [2.24, 2.45) is 7.05 Å². The molecule has 0 aliphatic carbocycles. The Labute approximate surface area is 814 Å². The van der Waals surface area contributed by atoms with Crippen molar-refractivity contribution in [1.29, 1.82) is 0 Å². The summed E-state index contributed by atoms with van der Waals surface area (Å²) in [6, 6.07) is 7.91. The Hall–Kier alpha value is -14.7. The normalized spacial score (nSPS) is 14.7. The molecule has 3 saturated heterocycles. The molecule has 16 aromatic heterocycles. The lowest BCUT2D eigenvalue weighted by atomic mass is 10.1. The third kappa shape index (κ3) is 26.7. The standard InChI is InChI=1S/C17H20F4N4O2.C12H13BrFN3O2.C11H11F4N5.C10H12FN5.C9H9N3O2S.C8H5BrFN3O2.C8H7FN4O2.C7H3BrFN3O2/c1-16(2,3)27-14(26)8-10-7-13-22-15(23-25(13)9-11(10)18)24-6-4-5-12(24)17(19,20)21;1-12(2,3)19-10(18)5-7-4-9-15-11(13)16-17(9)6-8(7)14;12-6-5-20-9(4-7(6)16)17-10(18-20)19-3-1-2-8(19)11(13,14)15;11-7-1-3-15(6-7)10-13-9-5-8(12)2-4-16(9)14-10;1-5-4-15-8(11-5)6-3-10-12(2)7(6)9(13)14;1-15-7(14)4-2-6-11-8(9)12-13(6)3-5(4)10;1-15-7(14)4-2-6-11-8(10)12-13(6)3-5(4)9;8-7-10-5-1-3(6(13)14)4(9)2-12(5)11-7/h7,9,12H,4-6,8H2,1-3H3;4,6H,5H2,1-3H3;4-5,8H,1-3,16H2;2,4-5,7H,1,3,6,12H2;3-4H,1-2H3,(H,13,14);2-3H,1H3;2-3H,1H3,(H2,10,12);1-2H,(H,13,14)/t12-;;8-;7-;;;;/m1.11..../s1. The number of aromatic carboxylic acids is 2. The summed E-state index contributed by atoms with van der Waals surface area (Å²) in [6.45, 7) is 13.7. The van der Waals surface area contributed by atoms with Gasteiger partial charge in [-0.25, -0.2) is 101 Å². The van der Waals surface area contributed by atoms with Gasteiger partial charge in [0.15, 0.2) is 68.5 Å². The zero-order valence-electron chi connectivity index (χ0n) is 75.1. The Balaban J connectivity index is 0.000000145. The molecule has 0 radical (unpaired) electrons. The third-order valence-corrected chi connectivity index (χ3v) is 21.7. The number of carbonyl (C=O) groups excluding carboxylic acids is 4. The lowest BCUT2D eigenvalue weighted by Gasteiger charge is -2.24. The topological polar surface area (TPSA) is 510 Å². The van der Waals surface area contributed by atoms with Gasteiger partial charge in [-0.1, -0.05) is 0 Å². The second-order valence-corrected chi connectivity index (χ2v) is 35.5. The number of thiazole rings is 1. The van der Waals surface area contributed by atoms with E-state index in [4.69, 9.17) is 36.9 Å².